The molecule has 0 saturated carbocycles. The molecule has 1 amide bonds. The number of Topliss-reactive ketones (excluding diaryl/α,β-unsaturated/α-hetero) is 1. The summed E-state index contributed by atoms with van der Waals surface area (Å²) in [6.45, 7) is 0. The van der Waals surface area contributed by atoms with Crippen molar-refractivity contribution in [3.05, 3.63) is 35.6 Å². The zero-order valence-electron chi connectivity index (χ0n) is 7.94. The third kappa shape index (κ3) is 2.85. The van der Waals surface area contributed by atoms with Crippen LogP contribution < -0.4 is 11.5 Å². The van der Waals surface area contributed by atoms with Gasteiger partial charge in [-0.15, -0.1) is 0 Å². The van der Waals surface area contributed by atoms with Gasteiger partial charge in [-0.3, -0.25) is 9.59 Å². The predicted molar refractivity (Wildman–Crippen MR) is 52.5 cm³/mol. The number of rotatable bonds is 4. The van der Waals surface area contributed by atoms with Gasteiger partial charge in [-0.1, -0.05) is 12.1 Å². The van der Waals surface area contributed by atoms with E-state index in [0.29, 0.717) is 0 Å². The highest BCUT2D eigenvalue weighted by Gasteiger charge is 2.17. The van der Waals surface area contributed by atoms with Crippen molar-refractivity contribution in [3.8, 4) is 0 Å². The first-order valence-electron chi connectivity index (χ1n) is 4.35. The summed E-state index contributed by atoms with van der Waals surface area (Å²) in [6.07, 6.45) is -0.281. The van der Waals surface area contributed by atoms with Crippen LogP contribution in [-0.2, 0) is 4.79 Å². The molecule has 1 aromatic rings. The molecule has 0 fully saturated rings. The van der Waals surface area contributed by atoms with Crippen molar-refractivity contribution in [2.45, 2.75) is 12.5 Å². The number of benzene rings is 1. The zero-order chi connectivity index (χ0) is 11.4. The second-order valence-electron chi connectivity index (χ2n) is 3.12. The monoisotopic (exact) mass is 210 g/mol. The molecular formula is C10H11FN2O2. The van der Waals surface area contributed by atoms with Gasteiger partial charge in [0.1, 0.15) is 5.82 Å². The van der Waals surface area contributed by atoms with Crippen LogP contribution in [0.1, 0.15) is 16.8 Å². The standard InChI is InChI=1S/C10H11FN2O2/c11-7-4-2-1-3-6(7)9(14)5-8(12)10(13)15/h1-4,8H,5,12H2,(H2,13,15). The summed E-state index contributed by atoms with van der Waals surface area (Å²) in [5.41, 5.74) is 10.1. The maximum absolute atomic E-state index is 13.1. The van der Waals surface area contributed by atoms with Gasteiger partial charge in [-0.05, 0) is 12.1 Å². The Balaban J connectivity index is 2.78. The summed E-state index contributed by atoms with van der Waals surface area (Å²) >= 11 is 0. The number of halogens is 1. The lowest BCUT2D eigenvalue weighted by Crippen LogP contribution is -2.38. The summed E-state index contributed by atoms with van der Waals surface area (Å²) in [5.74, 6) is -1.93. The van der Waals surface area contributed by atoms with E-state index in [1.165, 1.54) is 24.3 Å². The fourth-order valence-corrected chi connectivity index (χ4v) is 1.10. The first kappa shape index (κ1) is 11.3. The van der Waals surface area contributed by atoms with Gasteiger partial charge in [0.25, 0.3) is 0 Å². The van der Waals surface area contributed by atoms with Gasteiger partial charge in [0.2, 0.25) is 5.91 Å². The fraction of sp³-hybridized carbons (Fsp3) is 0.200. The highest BCUT2D eigenvalue weighted by atomic mass is 19.1. The Labute approximate surface area is 86.1 Å². The normalized spacial score (nSPS) is 12.1. The van der Waals surface area contributed by atoms with E-state index in [1.807, 2.05) is 0 Å². The van der Waals surface area contributed by atoms with Crippen molar-refractivity contribution in [1.82, 2.24) is 0 Å². The number of primary amides is 1. The van der Waals surface area contributed by atoms with Crippen molar-refractivity contribution in [3.63, 3.8) is 0 Å². The fourth-order valence-electron chi connectivity index (χ4n) is 1.10. The lowest BCUT2D eigenvalue weighted by atomic mass is 10.0. The molecule has 1 rings (SSSR count). The molecule has 0 bridgehead atoms. The van der Waals surface area contributed by atoms with Crippen molar-refractivity contribution in [2.24, 2.45) is 11.5 Å². The van der Waals surface area contributed by atoms with E-state index < -0.39 is 23.5 Å². The molecule has 0 saturated heterocycles. The number of nitrogens with two attached hydrogens (primary N) is 2. The summed E-state index contributed by atoms with van der Waals surface area (Å²) < 4.78 is 13.1. The number of ketones is 1. The number of carbonyl (C=O) groups is 2. The molecule has 1 unspecified atom stereocenters. The largest absolute Gasteiger partial charge is 0.368 e. The van der Waals surface area contributed by atoms with Gasteiger partial charge < -0.3 is 11.5 Å². The molecule has 1 aromatic carbocycles. The molecule has 0 aliphatic rings. The van der Waals surface area contributed by atoms with Gasteiger partial charge >= 0.3 is 0 Å². The van der Waals surface area contributed by atoms with Crippen LogP contribution in [0.25, 0.3) is 0 Å². The Kier molecular flexibility index (Phi) is 3.51. The molecule has 15 heavy (non-hydrogen) atoms. The molecule has 1 atom stereocenters. The van der Waals surface area contributed by atoms with Gasteiger partial charge in [-0.25, -0.2) is 4.39 Å². The quantitative estimate of drug-likeness (QED) is 0.696. The Morgan fingerprint density at radius 2 is 1.93 bits per heavy atom. The summed E-state index contributed by atoms with van der Waals surface area (Å²) in [7, 11) is 0. The molecule has 0 heterocycles. The van der Waals surface area contributed by atoms with Crippen LogP contribution in [-0.4, -0.2) is 17.7 Å². The van der Waals surface area contributed by atoms with Crippen LogP contribution in [0.4, 0.5) is 4.39 Å². The minimum Gasteiger partial charge on any atom is -0.368 e. The van der Waals surface area contributed by atoms with E-state index in [9.17, 15) is 14.0 Å². The molecule has 4 N–H and O–H groups in total. The van der Waals surface area contributed by atoms with E-state index in [2.05, 4.69) is 0 Å². The lowest BCUT2D eigenvalue weighted by Gasteiger charge is -2.06. The van der Waals surface area contributed by atoms with Crippen molar-refractivity contribution >= 4 is 11.7 Å². The topological polar surface area (TPSA) is 86.2 Å². The second kappa shape index (κ2) is 4.65. The smallest absolute Gasteiger partial charge is 0.234 e. The Hall–Kier alpha value is -1.75. The number of amides is 1. The van der Waals surface area contributed by atoms with Crippen LogP contribution >= 0.6 is 0 Å². The second-order valence-corrected chi connectivity index (χ2v) is 3.12. The zero-order valence-corrected chi connectivity index (χ0v) is 7.94. The van der Waals surface area contributed by atoms with Crippen LogP contribution in [0.15, 0.2) is 24.3 Å². The maximum Gasteiger partial charge on any atom is 0.234 e. The molecule has 0 radical (unpaired) electrons. The third-order valence-corrected chi connectivity index (χ3v) is 1.95. The SMILES string of the molecule is NC(=O)C(N)CC(=O)c1ccccc1F. The number of carbonyl (C=O) groups excluding carboxylic acids is 2. The highest BCUT2D eigenvalue weighted by Crippen LogP contribution is 2.09. The molecule has 0 aromatic heterocycles. The minimum absolute atomic E-state index is 0.0748. The minimum atomic E-state index is -1.07. The maximum atomic E-state index is 13.1. The van der Waals surface area contributed by atoms with Gasteiger partial charge in [0.15, 0.2) is 5.78 Å². The molecule has 0 aliphatic heterocycles. The average molecular weight is 210 g/mol. The molecule has 0 spiro atoms. The molecule has 5 heteroatoms. The number of hydrogen-bond donors (Lipinski definition) is 2. The average Bonchev–Trinajstić information content (AvgIpc) is 2.18. The van der Waals surface area contributed by atoms with Crippen LogP contribution in [0.5, 0.6) is 0 Å². The van der Waals surface area contributed by atoms with Crippen LogP contribution in [0, 0.1) is 5.82 Å². The third-order valence-electron chi connectivity index (χ3n) is 1.95. The Morgan fingerprint density at radius 3 is 2.47 bits per heavy atom. The van der Waals surface area contributed by atoms with Gasteiger partial charge in [-0.2, -0.15) is 0 Å². The van der Waals surface area contributed by atoms with E-state index in [1.54, 1.807) is 0 Å². The Morgan fingerprint density at radius 1 is 1.33 bits per heavy atom. The first-order chi connectivity index (χ1) is 7.02. The lowest BCUT2D eigenvalue weighted by molar-refractivity contribution is -0.119. The summed E-state index contributed by atoms with van der Waals surface area (Å²) in [6, 6.07) is 4.44. The summed E-state index contributed by atoms with van der Waals surface area (Å²) in [4.78, 5) is 22.1. The summed E-state index contributed by atoms with van der Waals surface area (Å²) in [5, 5.41) is 0. The van der Waals surface area contributed by atoms with Crippen LogP contribution in [0.3, 0.4) is 0 Å². The highest BCUT2D eigenvalue weighted by molar-refractivity contribution is 5.99. The number of hydrogen-bond acceptors (Lipinski definition) is 3. The Bertz CT molecular complexity index is 393. The van der Waals surface area contributed by atoms with E-state index in [4.69, 9.17) is 11.5 Å². The molecule has 4 nitrogen and oxygen atoms in total. The van der Waals surface area contributed by atoms with E-state index in [0.717, 1.165) is 0 Å². The van der Waals surface area contributed by atoms with Gasteiger partial charge in [0, 0.05) is 6.42 Å². The molecule has 0 aliphatic carbocycles. The van der Waals surface area contributed by atoms with E-state index in [-0.39, 0.29) is 12.0 Å². The predicted octanol–water partition coefficient (Wildman–Crippen LogP) is 0.211. The van der Waals surface area contributed by atoms with E-state index >= 15 is 0 Å². The molecule has 80 valence electrons. The van der Waals surface area contributed by atoms with Gasteiger partial charge in [0.05, 0.1) is 11.6 Å². The van der Waals surface area contributed by atoms with Crippen molar-refractivity contribution in [2.75, 3.05) is 0 Å². The first-order valence-corrected chi connectivity index (χ1v) is 4.35. The molecular weight excluding hydrogens is 199 g/mol. The van der Waals surface area contributed by atoms with Crippen molar-refractivity contribution < 1.29 is 14.0 Å². The van der Waals surface area contributed by atoms with Crippen LogP contribution in [0.2, 0.25) is 0 Å². The van der Waals surface area contributed by atoms with Crippen molar-refractivity contribution in [1.29, 1.82) is 0 Å².